The van der Waals surface area contributed by atoms with Gasteiger partial charge in [0.1, 0.15) is 5.75 Å². The topological polar surface area (TPSA) is 63.2 Å². The molecule has 0 aromatic heterocycles. The molecule has 0 saturated carbocycles. The number of ether oxygens (including phenoxy) is 2. The first-order valence-electron chi connectivity index (χ1n) is 10.2. The van der Waals surface area contributed by atoms with E-state index in [1.165, 1.54) is 11.1 Å². The summed E-state index contributed by atoms with van der Waals surface area (Å²) < 4.78 is 10.7. The predicted octanol–water partition coefficient (Wildman–Crippen LogP) is 3.02. The molecule has 1 aromatic rings. The highest BCUT2D eigenvalue weighted by atomic mass is 127. The highest BCUT2D eigenvalue weighted by Gasteiger charge is 2.27. The summed E-state index contributed by atoms with van der Waals surface area (Å²) in [6.45, 7) is 8.46. The molecule has 2 heterocycles. The first-order chi connectivity index (χ1) is 13.2. The summed E-state index contributed by atoms with van der Waals surface area (Å²) in [6.07, 6.45) is 3.58. The first-order valence-corrected chi connectivity index (χ1v) is 10.2. The van der Waals surface area contributed by atoms with Gasteiger partial charge in [-0.1, -0.05) is 12.1 Å². The van der Waals surface area contributed by atoms with E-state index in [0.29, 0.717) is 6.61 Å². The molecule has 0 aliphatic carbocycles. The second-order valence-electron chi connectivity index (χ2n) is 7.04. The number of halogens is 1. The summed E-state index contributed by atoms with van der Waals surface area (Å²) in [5.74, 6) is 1.95. The second-order valence-corrected chi connectivity index (χ2v) is 7.04. The average Bonchev–Trinajstić information content (AvgIpc) is 3.15. The number of likely N-dealkylation sites (tertiary alicyclic amines) is 1. The van der Waals surface area contributed by atoms with Crippen LogP contribution in [0.5, 0.6) is 5.75 Å². The van der Waals surface area contributed by atoms with Gasteiger partial charge < -0.3 is 19.7 Å². The zero-order valence-electron chi connectivity index (χ0n) is 16.9. The lowest BCUT2D eigenvalue weighted by atomic mass is 9.97. The van der Waals surface area contributed by atoms with Gasteiger partial charge in [0.25, 0.3) is 0 Å². The molecule has 0 spiro atoms. The number of hydrogen-bond acceptors (Lipinski definition) is 4. The molecule has 3 rings (SSSR count). The molecule has 1 N–H and O–H groups in total. The average molecular weight is 501 g/mol. The zero-order valence-corrected chi connectivity index (χ0v) is 19.2. The van der Waals surface area contributed by atoms with Crippen molar-refractivity contribution < 1.29 is 14.3 Å². The summed E-state index contributed by atoms with van der Waals surface area (Å²) in [4.78, 5) is 19.0. The van der Waals surface area contributed by atoms with E-state index in [2.05, 4.69) is 35.3 Å². The van der Waals surface area contributed by atoms with Crippen molar-refractivity contribution in [3.63, 3.8) is 0 Å². The van der Waals surface area contributed by atoms with E-state index < -0.39 is 0 Å². The van der Waals surface area contributed by atoms with Crippen molar-refractivity contribution in [1.29, 1.82) is 0 Å². The van der Waals surface area contributed by atoms with Gasteiger partial charge in [0.15, 0.2) is 5.96 Å². The highest BCUT2D eigenvalue weighted by molar-refractivity contribution is 14.0. The largest absolute Gasteiger partial charge is 0.493 e. The SMILES string of the molecule is CCNC(=NCCc1ccc2c(c1)CCO2)N1CCC(C(=O)OCC)CC1.I. The predicted molar refractivity (Wildman–Crippen MR) is 122 cm³/mol. The Kier molecular flexibility index (Phi) is 9.34. The monoisotopic (exact) mass is 501 g/mol. The molecule has 0 radical (unpaired) electrons. The molecule has 1 aromatic carbocycles. The summed E-state index contributed by atoms with van der Waals surface area (Å²) in [7, 11) is 0. The number of aliphatic imine (C=N–C) groups is 1. The summed E-state index contributed by atoms with van der Waals surface area (Å²) >= 11 is 0. The molecule has 2 aliphatic heterocycles. The third kappa shape index (κ3) is 5.99. The van der Waals surface area contributed by atoms with Crippen molar-refractivity contribution >= 4 is 35.9 Å². The van der Waals surface area contributed by atoms with E-state index >= 15 is 0 Å². The molecule has 2 aliphatic rings. The first kappa shape index (κ1) is 22.8. The molecule has 156 valence electrons. The van der Waals surface area contributed by atoms with Crippen molar-refractivity contribution in [2.75, 3.05) is 39.4 Å². The van der Waals surface area contributed by atoms with Crippen LogP contribution in [0, 0.1) is 5.92 Å². The van der Waals surface area contributed by atoms with E-state index in [0.717, 1.165) is 70.2 Å². The molecular weight excluding hydrogens is 469 g/mol. The van der Waals surface area contributed by atoms with Crippen LogP contribution in [-0.2, 0) is 22.4 Å². The highest BCUT2D eigenvalue weighted by Crippen LogP contribution is 2.26. The minimum Gasteiger partial charge on any atom is -0.493 e. The molecular formula is C21H32IN3O3. The standard InChI is InChI=1S/C21H31N3O3.HI/c1-3-22-21(24-12-8-17(9-13-24)20(25)26-4-2)23-11-7-16-5-6-19-18(15-16)10-14-27-19;/h5-6,15,17H,3-4,7-14H2,1-2H3,(H,22,23);1H. The number of fused-ring (bicyclic) bond motifs is 1. The fourth-order valence-corrected chi connectivity index (χ4v) is 3.70. The van der Waals surface area contributed by atoms with Crippen molar-refractivity contribution in [2.24, 2.45) is 10.9 Å². The van der Waals surface area contributed by atoms with Crippen LogP contribution in [0.2, 0.25) is 0 Å². The van der Waals surface area contributed by atoms with E-state index in [9.17, 15) is 4.79 Å². The number of guanidine groups is 1. The fraction of sp³-hybridized carbons (Fsp3) is 0.619. The van der Waals surface area contributed by atoms with Gasteiger partial charge in [0.2, 0.25) is 0 Å². The van der Waals surface area contributed by atoms with Gasteiger partial charge >= 0.3 is 5.97 Å². The number of piperidine rings is 1. The number of carbonyl (C=O) groups excluding carboxylic acids is 1. The molecule has 1 saturated heterocycles. The molecule has 0 unspecified atom stereocenters. The molecule has 0 atom stereocenters. The normalized spacial score (nSPS) is 16.8. The number of nitrogens with zero attached hydrogens (tertiary/aromatic N) is 2. The van der Waals surface area contributed by atoms with Crippen LogP contribution in [0.3, 0.4) is 0 Å². The van der Waals surface area contributed by atoms with E-state index in [-0.39, 0.29) is 35.9 Å². The van der Waals surface area contributed by atoms with Crippen molar-refractivity contribution in [1.82, 2.24) is 10.2 Å². The second kappa shape index (κ2) is 11.5. The summed E-state index contributed by atoms with van der Waals surface area (Å²) in [5, 5.41) is 3.39. The van der Waals surface area contributed by atoms with Crippen LogP contribution in [0.25, 0.3) is 0 Å². The van der Waals surface area contributed by atoms with E-state index in [1.54, 1.807) is 0 Å². The third-order valence-corrected chi connectivity index (χ3v) is 5.17. The Balaban J connectivity index is 0.00000280. The van der Waals surface area contributed by atoms with Gasteiger partial charge in [-0.25, -0.2) is 0 Å². The zero-order chi connectivity index (χ0) is 19.1. The van der Waals surface area contributed by atoms with Crippen LogP contribution in [0.15, 0.2) is 23.2 Å². The number of rotatable bonds is 6. The Bertz CT molecular complexity index is 673. The molecule has 28 heavy (non-hydrogen) atoms. The minimum absolute atomic E-state index is 0. The third-order valence-electron chi connectivity index (χ3n) is 5.17. The summed E-state index contributed by atoms with van der Waals surface area (Å²) in [6, 6.07) is 6.46. The number of nitrogens with one attached hydrogen (secondary N) is 1. The number of esters is 1. The van der Waals surface area contributed by atoms with Crippen LogP contribution >= 0.6 is 24.0 Å². The number of benzene rings is 1. The van der Waals surface area contributed by atoms with Gasteiger partial charge in [-0.3, -0.25) is 9.79 Å². The Morgan fingerprint density at radius 3 is 2.82 bits per heavy atom. The van der Waals surface area contributed by atoms with Gasteiger partial charge in [-0.2, -0.15) is 0 Å². The van der Waals surface area contributed by atoms with Crippen LogP contribution in [0.4, 0.5) is 0 Å². The molecule has 6 nitrogen and oxygen atoms in total. The quantitative estimate of drug-likeness (QED) is 0.281. The van der Waals surface area contributed by atoms with Crippen LogP contribution in [0.1, 0.15) is 37.8 Å². The fourth-order valence-electron chi connectivity index (χ4n) is 3.70. The van der Waals surface area contributed by atoms with Gasteiger partial charge in [-0.15, -0.1) is 24.0 Å². The maximum atomic E-state index is 11.9. The van der Waals surface area contributed by atoms with Crippen molar-refractivity contribution in [2.45, 2.75) is 39.5 Å². The molecule has 0 bridgehead atoms. The van der Waals surface area contributed by atoms with Crippen molar-refractivity contribution in [3.05, 3.63) is 29.3 Å². The number of carbonyl (C=O) groups is 1. The lowest BCUT2D eigenvalue weighted by Crippen LogP contribution is -2.46. The van der Waals surface area contributed by atoms with Crippen molar-refractivity contribution in [3.8, 4) is 5.75 Å². The molecule has 1 fully saturated rings. The van der Waals surface area contributed by atoms with Gasteiger partial charge in [-0.05, 0) is 50.3 Å². The lowest BCUT2D eigenvalue weighted by molar-refractivity contribution is -0.149. The lowest BCUT2D eigenvalue weighted by Gasteiger charge is -2.33. The Labute approximate surface area is 185 Å². The van der Waals surface area contributed by atoms with Crippen LogP contribution in [-0.4, -0.2) is 56.2 Å². The van der Waals surface area contributed by atoms with Gasteiger partial charge in [0.05, 0.1) is 19.1 Å². The maximum absolute atomic E-state index is 11.9. The van der Waals surface area contributed by atoms with E-state index in [4.69, 9.17) is 14.5 Å². The summed E-state index contributed by atoms with van der Waals surface area (Å²) in [5.41, 5.74) is 2.62. The molecule has 0 amide bonds. The van der Waals surface area contributed by atoms with E-state index in [1.807, 2.05) is 6.92 Å². The number of hydrogen-bond donors (Lipinski definition) is 1. The van der Waals surface area contributed by atoms with Crippen LogP contribution < -0.4 is 10.1 Å². The maximum Gasteiger partial charge on any atom is 0.309 e. The Morgan fingerprint density at radius 1 is 1.32 bits per heavy atom. The molecule has 7 heteroatoms. The minimum atomic E-state index is -0.0559. The van der Waals surface area contributed by atoms with Gasteiger partial charge in [0, 0.05) is 32.6 Å². The smallest absolute Gasteiger partial charge is 0.309 e. The Morgan fingerprint density at radius 2 is 2.11 bits per heavy atom. The Hall–Kier alpha value is -1.51.